The van der Waals surface area contributed by atoms with Gasteiger partial charge in [-0.15, -0.1) is 11.3 Å². The van der Waals surface area contributed by atoms with E-state index in [1.54, 1.807) is 13.0 Å². The second kappa shape index (κ2) is 9.66. The fraction of sp³-hybridized carbons (Fsp3) is 0.188. The minimum atomic E-state index is -3.91. The highest BCUT2D eigenvalue weighted by atomic mass is 79.9. The van der Waals surface area contributed by atoms with Crippen LogP contribution in [0.1, 0.15) is 17.3 Å². The number of hydrogen-bond acceptors (Lipinski definition) is 8. The molecule has 9 nitrogen and oxygen atoms in total. The van der Waals surface area contributed by atoms with Crippen LogP contribution in [0.15, 0.2) is 44.4 Å². The summed E-state index contributed by atoms with van der Waals surface area (Å²) in [6.07, 6.45) is -0.959. The van der Waals surface area contributed by atoms with Gasteiger partial charge in [0.2, 0.25) is 0 Å². The van der Waals surface area contributed by atoms with E-state index in [0.717, 1.165) is 11.3 Å². The van der Waals surface area contributed by atoms with Crippen LogP contribution in [0.4, 0.5) is 10.5 Å². The van der Waals surface area contributed by atoms with Gasteiger partial charge in [0.25, 0.3) is 15.9 Å². The van der Waals surface area contributed by atoms with E-state index in [1.807, 2.05) is 5.32 Å². The van der Waals surface area contributed by atoms with Crippen LogP contribution in [0.2, 0.25) is 0 Å². The molecule has 0 aliphatic carbocycles. The number of esters is 1. The summed E-state index contributed by atoms with van der Waals surface area (Å²) in [5.41, 5.74) is -0.103. The van der Waals surface area contributed by atoms with Crippen LogP contribution < -0.4 is 10.0 Å². The Labute approximate surface area is 173 Å². The van der Waals surface area contributed by atoms with Gasteiger partial charge in [-0.2, -0.15) is 0 Å². The number of benzene rings is 1. The summed E-state index contributed by atoms with van der Waals surface area (Å²) < 4.78 is 37.3. The van der Waals surface area contributed by atoms with E-state index in [0.29, 0.717) is 3.79 Å². The van der Waals surface area contributed by atoms with Gasteiger partial charge in [-0.3, -0.25) is 14.8 Å². The van der Waals surface area contributed by atoms with E-state index in [-0.39, 0.29) is 22.1 Å². The molecule has 0 unspecified atom stereocenters. The Morgan fingerprint density at radius 2 is 1.82 bits per heavy atom. The van der Waals surface area contributed by atoms with Crippen molar-refractivity contribution in [1.29, 1.82) is 0 Å². The number of nitrogens with one attached hydrogen (secondary N) is 2. The lowest BCUT2D eigenvalue weighted by Crippen LogP contribution is -2.34. The van der Waals surface area contributed by atoms with Crippen molar-refractivity contribution in [2.75, 3.05) is 17.9 Å². The van der Waals surface area contributed by atoms with Crippen molar-refractivity contribution in [3.05, 3.63) is 45.7 Å². The molecular weight excluding hydrogens is 476 g/mol. The zero-order chi connectivity index (χ0) is 20.7. The minimum Gasteiger partial charge on any atom is -0.452 e. The molecule has 28 heavy (non-hydrogen) atoms. The third-order valence-corrected chi connectivity index (χ3v) is 6.54. The quantitative estimate of drug-likeness (QED) is 0.570. The third kappa shape index (κ3) is 6.04. The molecular formula is C16H15BrN2O7S2. The highest BCUT2D eigenvalue weighted by Crippen LogP contribution is 2.28. The van der Waals surface area contributed by atoms with Crippen LogP contribution >= 0.6 is 27.3 Å². The summed E-state index contributed by atoms with van der Waals surface area (Å²) in [7, 11) is -3.91. The van der Waals surface area contributed by atoms with Gasteiger partial charge in [0.05, 0.1) is 21.6 Å². The Morgan fingerprint density at radius 1 is 1.11 bits per heavy atom. The van der Waals surface area contributed by atoms with Crippen LogP contribution in [0.3, 0.4) is 0 Å². The smallest absolute Gasteiger partial charge is 0.413 e. The van der Waals surface area contributed by atoms with Crippen molar-refractivity contribution >= 4 is 60.9 Å². The SMILES string of the molecule is CCOC(=O)NC(=O)COC(=O)c1ccccc1NS(=O)(=O)c1ccc(Br)s1. The Balaban J connectivity index is 2.08. The van der Waals surface area contributed by atoms with E-state index in [4.69, 9.17) is 4.74 Å². The largest absolute Gasteiger partial charge is 0.452 e. The molecule has 0 spiro atoms. The van der Waals surface area contributed by atoms with Crippen molar-refractivity contribution in [3.8, 4) is 0 Å². The fourth-order valence-electron chi connectivity index (χ4n) is 1.91. The van der Waals surface area contributed by atoms with Gasteiger partial charge in [-0.1, -0.05) is 12.1 Å². The zero-order valence-corrected chi connectivity index (χ0v) is 17.6. The molecule has 0 fully saturated rings. The van der Waals surface area contributed by atoms with E-state index in [1.165, 1.54) is 30.3 Å². The molecule has 2 amide bonds. The fourth-order valence-corrected chi connectivity index (χ4v) is 5.00. The normalized spacial score (nSPS) is 10.8. The summed E-state index contributed by atoms with van der Waals surface area (Å²) in [5, 5.41) is 1.87. The van der Waals surface area contributed by atoms with E-state index in [2.05, 4.69) is 25.4 Å². The maximum absolute atomic E-state index is 12.4. The molecule has 2 rings (SSSR count). The highest BCUT2D eigenvalue weighted by molar-refractivity contribution is 9.11. The number of hydrogen-bond donors (Lipinski definition) is 2. The summed E-state index contributed by atoms with van der Waals surface area (Å²) in [6, 6.07) is 8.77. The second-order valence-corrected chi connectivity index (χ2v) is 9.43. The van der Waals surface area contributed by atoms with Crippen LogP contribution in [-0.2, 0) is 24.3 Å². The second-order valence-electron chi connectivity index (χ2n) is 5.05. The number of para-hydroxylation sites is 1. The van der Waals surface area contributed by atoms with Crippen LogP contribution in [0, 0.1) is 0 Å². The molecule has 2 N–H and O–H groups in total. The van der Waals surface area contributed by atoms with Crippen LogP contribution in [0.5, 0.6) is 0 Å². The average molecular weight is 491 g/mol. The first-order valence-electron chi connectivity index (χ1n) is 7.74. The highest BCUT2D eigenvalue weighted by Gasteiger charge is 2.21. The lowest BCUT2D eigenvalue weighted by Gasteiger charge is -2.11. The molecule has 2 aromatic rings. The number of imide groups is 1. The Morgan fingerprint density at radius 3 is 2.46 bits per heavy atom. The summed E-state index contributed by atoms with van der Waals surface area (Å²) >= 11 is 4.20. The summed E-state index contributed by atoms with van der Waals surface area (Å²) in [6.45, 7) is 0.904. The molecule has 0 atom stereocenters. The number of alkyl carbamates (subject to hydrolysis) is 1. The van der Waals surface area contributed by atoms with E-state index < -0.39 is 34.6 Å². The van der Waals surface area contributed by atoms with Gasteiger partial charge in [0, 0.05) is 0 Å². The standard InChI is InChI=1S/C16H15BrN2O7S2/c1-2-25-16(22)18-13(20)9-26-15(21)10-5-3-4-6-11(10)19-28(23,24)14-8-7-12(17)27-14/h3-8,19H,2,9H2,1H3,(H,18,20,22). The number of thiophene rings is 1. The van der Waals surface area contributed by atoms with Crippen molar-refractivity contribution in [1.82, 2.24) is 5.32 Å². The number of anilines is 1. The predicted octanol–water partition coefficient (Wildman–Crippen LogP) is 2.74. The molecule has 0 aliphatic heterocycles. The lowest BCUT2D eigenvalue weighted by atomic mass is 10.2. The number of rotatable bonds is 7. The first kappa shape index (κ1) is 21.9. The number of ether oxygens (including phenoxy) is 2. The number of halogens is 1. The molecule has 0 saturated carbocycles. The van der Waals surface area contributed by atoms with Gasteiger partial charge in [-0.25, -0.2) is 18.0 Å². The van der Waals surface area contributed by atoms with Crippen molar-refractivity contribution in [3.63, 3.8) is 0 Å². The first-order chi connectivity index (χ1) is 13.2. The number of carbonyl (C=O) groups is 3. The summed E-state index contributed by atoms with van der Waals surface area (Å²) in [4.78, 5) is 35.0. The third-order valence-electron chi connectivity index (χ3n) is 3.06. The topological polar surface area (TPSA) is 128 Å². The molecule has 1 aromatic carbocycles. The number of carbonyl (C=O) groups excluding carboxylic acids is 3. The Kier molecular flexibility index (Phi) is 7.54. The van der Waals surface area contributed by atoms with Crippen molar-refractivity contribution in [2.45, 2.75) is 11.1 Å². The van der Waals surface area contributed by atoms with Crippen molar-refractivity contribution in [2.24, 2.45) is 0 Å². The monoisotopic (exact) mass is 490 g/mol. The minimum absolute atomic E-state index is 0.0113. The van der Waals surface area contributed by atoms with Gasteiger partial charge in [0.15, 0.2) is 6.61 Å². The lowest BCUT2D eigenvalue weighted by molar-refractivity contribution is -0.123. The summed E-state index contributed by atoms with van der Waals surface area (Å²) in [5.74, 6) is -1.82. The number of sulfonamides is 1. The molecule has 1 heterocycles. The molecule has 0 saturated heterocycles. The van der Waals surface area contributed by atoms with Crippen molar-refractivity contribution < 1.29 is 32.3 Å². The molecule has 150 valence electrons. The molecule has 0 radical (unpaired) electrons. The average Bonchev–Trinajstić information content (AvgIpc) is 3.07. The molecule has 0 bridgehead atoms. The molecule has 1 aromatic heterocycles. The Hall–Kier alpha value is -2.44. The van der Waals surface area contributed by atoms with Crippen LogP contribution in [0.25, 0.3) is 0 Å². The molecule has 0 aliphatic rings. The first-order valence-corrected chi connectivity index (χ1v) is 10.8. The zero-order valence-electron chi connectivity index (χ0n) is 14.4. The maximum Gasteiger partial charge on any atom is 0.413 e. The van der Waals surface area contributed by atoms with E-state index >= 15 is 0 Å². The van der Waals surface area contributed by atoms with Gasteiger partial charge < -0.3 is 9.47 Å². The predicted molar refractivity (Wildman–Crippen MR) is 105 cm³/mol. The maximum atomic E-state index is 12.4. The van der Waals surface area contributed by atoms with E-state index in [9.17, 15) is 22.8 Å². The van der Waals surface area contributed by atoms with Crippen LogP contribution in [-0.4, -0.2) is 39.6 Å². The number of amides is 2. The van der Waals surface area contributed by atoms with Gasteiger partial charge in [-0.05, 0) is 47.1 Å². The molecule has 12 heteroatoms. The Bertz CT molecular complexity index is 988. The van der Waals surface area contributed by atoms with Gasteiger partial charge >= 0.3 is 12.1 Å². The van der Waals surface area contributed by atoms with Gasteiger partial charge in [0.1, 0.15) is 4.21 Å².